The topological polar surface area (TPSA) is 127 Å². The van der Waals surface area contributed by atoms with E-state index in [2.05, 4.69) is 15.5 Å². The van der Waals surface area contributed by atoms with E-state index in [-0.39, 0.29) is 12.2 Å². The Balaban J connectivity index is 1.59. The molecular weight excluding hydrogens is 436 g/mol. The van der Waals surface area contributed by atoms with Crippen molar-refractivity contribution in [3.63, 3.8) is 0 Å². The number of hydrogen-bond donors (Lipinski definition) is 0. The molecule has 0 aliphatic rings. The zero-order valence-electron chi connectivity index (χ0n) is 17.8. The van der Waals surface area contributed by atoms with Crippen molar-refractivity contribution in [1.29, 1.82) is 5.26 Å². The fourth-order valence-corrected chi connectivity index (χ4v) is 3.11. The molecule has 2 heterocycles. The number of para-hydroxylation sites is 1. The molecule has 0 saturated carbocycles. The maximum Gasteiger partial charge on any atom is 0.357 e. The lowest BCUT2D eigenvalue weighted by Gasteiger charge is -2.19. The fraction of sp³-hybridized carbons (Fsp3) is 0.0833. The van der Waals surface area contributed by atoms with Crippen LogP contribution in [0.25, 0.3) is 23.2 Å². The number of anilines is 1. The molecule has 4 rings (SSSR count). The molecule has 2 aromatic carbocycles. The van der Waals surface area contributed by atoms with E-state index in [1.54, 1.807) is 54.6 Å². The summed E-state index contributed by atoms with van der Waals surface area (Å²) in [6, 6.07) is 23.0. The number of nitrogens with zero attached hydrogens (tertiary/aromatic N) is 6. The maximum atomic E-state index is 13.1. The number of carbonyl (C=O) groups excluding carboxylic acids is 2. The van der Waals surface area contributed by atoms with E-state index >= 15 is 0 Å². The van der Waals surface area contributed by atoms with Gasteiger partial charge in [0.1, 0.15) is 12.3 Å². The van der Waals surface area contributed by atoms with Gasteiger partial charge in [0.15, 0.2) is 18.1 Å². The second-order valence-corrected chi connectivity index (χ2v) is 6.87. The molecular formula is C24H18N6O4. The molecule has 0 N–H and O–H groups in total. The number of furan rings is 1. The van der Waals surface area contributed by atoms with Crippen molar-refractivity contribution < 1.29 is 18.7 Å². The molecule has 2 aromatic heterocycles. The number of nitriles is 1. The molecule has 0 fully saturated rings. The van der Waals surface area contributed by atoms with Crippen LogP contribution >= 0.6 is 0 Å². The van der Waals surface area contributed by atoms with Gasteiger partial charge in [-0.05, 0) is 34.7 Å². The zero-order chi connectivity index (χ0) is 23.8. The molecule has 4 aromatic rings. The van der Waals surface area contributed by atoms with Gasteiger partial charge in [-0.1, -0.05) is 48.5 Å². The van der Waals surface area contributed by atoms with Crippen LogP contribution in [0.2, 0.25) is 0 Å². The normalized spacial score (nSPS) is 11.0. The smallest absolute Gasteiger partial charge is 0.357 e. The Morgan fingerprint density at radius 2 is 1.79 bits per heavy atom. The van der Waals surface area contributed by atoms with Crippen LogP contribution in [0.15, 0.2) is 83.5 Å². The highest BCUT2D eigenvalue weighted by molar-refractivity contribution is 6.16. The summed E-state index contributed by atoms with van der Waals surface area (Å²) in [6.07, 6.45) is 2.87. The van der Waals surface area contributed by atoms with Gasteiger partial charge in [-0.3, -0.25) is 9.69 Å². The summed E-state index contributed by atoms with van der Waals surface area (Å²) in [7, 11) is 0. The van der Waals surface area contributed by atoms with E-state index in [9.17, 15) is 9.59 Å². The molecule has 168 valence electrons. The van der Waals surface area contributed by atoms with E-state index in [1.807, 2.05) is 24.3 Å². The predicted octanol–water partition coefficient (Wildman–Crippen LogP) is 3.03. The molecule has 0 aliphatic carbocycles. The zero-order valence-corrected chi connectivity index (χ0v) is 17.8. The van der Waals surface area contributed by atoms with Crippen molar-refractivity contribution in [2.24, 2.45) is 0 Å². The number of benzene rings is 2. The third kappa shape index (κ3) is 5.05. The summed E-state index contributed by atoms with van der Waals surface area (Å²) in [5.41, 5.74) is 1.13. The van der Waals surface area contributed by atoms with Crippen molar-refractivity contribution in [1.82, 2.24) is 20.2 Å². The second kappa shape index (κ2) is 10.5. The first kappa shape index (κ1) is 22.2. The molecule has 10 heteroatoms. The van der Waals surface area contributed by atoms with Gasteiger partial charge in [0.25, 0.3) is 5.91 Å². The van der Waals surface area contributed by atoms with Gasteiger partial charge >= 0.3 is 5.97 Å². The van der Waals surface area contributed by atoms with Crippen molar-refractivity contribution in [2.45, 2.75) is 0 Å². The molecule has 0 aliphatic heterocycles. The van der Waals surface area contributed by atoms with Gasteiger partial charge in [-0.25, -0.2) is 4.79 Å². The number of esters is 1. The summed E-state index contributed by atoms with van der Waals surface area (Å²) in [6.45, 7) is -0.783. The first-order chi connectivity index (χ1) is 16.7. The van der Waals surface area contributed by atoms with Crippen LogP contribution in [0.1, 0.15) is 5.76 Å². The minimum atomic E-state index is -0.848. The second-order valence-electron chi connectivity index (χ2n) is 6.87. The van der Waals surface area contributed by atoms with Crippen LogP contribution in [-0.4, -0.2) is 45.2 Å². The van der Waals surface area contributed by atoms with Crippen LogP contribution in [0.3, 0.4) is 0 Å². The van der Waals surface area contributed by atoms with Crippen LogP contribution in [0.4, 0.5) is 5.69 Å². The van der Waals surface area contributed by atoms with Gasteiger partial charge in [-0.2, -0.15) is 9.94 Å². The lowest BCUT2D eigenvalue weighted by molar-refractivity contribution is -0.142. The highest BCUT2D eigenvalue weighted by Gasteiger charge is 2.23. The number of aromatic nitrogens is 4. The van der Waals surface area contributed by atoms with E-state index in [4.69, 9.17) is 14.4 Å². The van der Waals surface area contributed by atoms with Gasteiger partial charge in [0.2, 0.25) is 0 Å². The van der Waals surface area contributed by atoms with E-state index < -0.39 is 18.5 Å². The Morgan fingerprint density at radius 3 is 2.47 bits per heavy atom. The van der Waals surface area contributed by atoms with E-state index in [0.717, 1.165) is 0 Å². The Hall–Kier alpha value is -5.04. The quantitative estimate of drug-likeness (QED) is 0.226. The number of carbonyl (C=O) groups is 2. The van der Waals surface area contributed by atoms with E-state index in [0.29, 0.717) is 22.8 Å². The van der Waals surface area contributed by atoms with Gasteiger partial charge in [-0.15, -0.1) is 5.10 Å². The number of tetrazole rings is 1. The Bertz CT molecular complexity index is 1320. The molecule has 1 amide bonds. The largest absolute Gasteiger partial charge is 0.465 e. The standard InChI is InChI=1S/C24H18N6O4/c25-13-14-29(19-10-5-2-6-11-19)22(31)17-34-24(32)21(16-20-12-7-15-33-20)30-23(26-27-28-30)18-8-3-1-4-9-18/h1-12,15-16H,14,17H2/b21-16-. The van der Waals surface area contributed by atoms with Crippen molar-refractivity contribution in [3.05, 3.63) is 84.8 Å². The van der Waals surface area contributed by atoms with E-state index in [1.165, 1.54) is 21.9 Å². The average molecular weight is 454 g/mol. The van der Waals surface area contributed by atoms with Crippen LogP contribution < -0.4 is 4.90 Å². The molecule has 0 bridgehead atoms. The number of amides is 1. The average Bonchev–Trinajstić information content (AvgIpc) is 3.57. The van der Waals surface area contributed by atoms with Gasteiger partial charge < -0.3 is 9.15 Å². The highest BCUT2D eigenvalue weighted by atomic mass is 16.5. The summed E-state index contributed by atoms with van der Waals surface area (Å²) in [5.74, 6) is -0.738. The Kier molecular flexibility index (Phi) is 6.86. The first-order valence-corrected chi connectivity index (χ1v) is 10.2. The SMILES string of the molecule is N#CCN(C(=O)COC(=O)/C(=C/c1ccco1)n1nnnc1-c1ccccc1)c1ccccc1. The summed E-state index contributed by atoms with van der Waals surface area (Å²) < 4.78 is 11.9. The van der Waals surface area contributed by atoms with Crippen LogP contribution in [-0.2, 0) is 14.3 Å². The monoisotopic (exact) mass is 454 g/mol. The molecule has 0 spiro atoms. The molecule has 0 saturated heterocycles. The number of hydrogen-bond acceptors (Lipinski definition) is 8. The Morgan fingerprint density at radius 1 is 1.06 bits per heavy atom. The van der Waals surface area contributed by atoms with Crippen molar-refractivity contribution in [2.75, 3.05) is 18.1 Å². The maximum absolute atomic E-state index is 13.1. The lowest BCUT2D eigenvalue weighted by Crippen LogP contribution is -2.35. The van der Waals surface area contributed by atoms with Crippen molar-refractivity contribution >= 4 is 29.3 Å². The van der Waals surface area contributed by atoms with Crippen LogP contribution in [0, 0.1) is 11.3 Å². The third-order valence-corrected chi connectivity index (χ3v) is 4.69. The minimum absolute atomic E-state index is 0.0573. The van der Waals surface area contributed by atoms with Gasteiger partial charge in [0.05, 0.1) is 12.3 Å². The van der Waals surface area contributed by atoms with Crippen molar-refractivity contribution in [3.8, 4) is 17.5 Å². The summed E-state index contributed by atoms with van der Waals surface area (Å²) in [5, 5.41) is 20.8. The molecule has 0 atom stereocenters. The fourth-order valence-electron chi connectivity index (χ4n) is 3.11. The Labute approximate surface area is 194 Å². The lowest BCUT2D eigenvalue weighted by atomic mass is 10.2. The first-order valence-electron chi connectivity index (χ1n) is 10.2. The number of ether oxygens (including phenoxy) is 1. The molecule has 10 nitrogen and oxygen atoms in total. The number of rotatable bonds is 8. The third-order valence-electron chi connectivity index (χ3n) is 4.69. The molecule has 0 unspecified atom stereocenters. The van der Waals surface area contributed by atoms with Crippen LogP contribution in [0.5, 0.6) is 0 Å². The molecule has 34 heavy (non-hydrogen) atoms. The summed E-state index contributed by atoms with van der Waals surface area (Å²) in [4.78, 5) is 27.1. The predicted molar refractivity (Wildman–Crippen MR) is 121 cm³/mol. The molecule has 0 radical (unpaired) electrons. The summed E-state index contributed by atoms with van der Waals surface area (Å²) >= 11 is 0. The highest BCUT2D eigenvalue weighted by Crippen LogP contribution is 2.21. The van der Waals surface area contributed by atoms with Gasteiger partial charge in [0, 0.05) is 17.3 Å². The minimum Gasteiger partial charge on any atom is -0.465 e.